The Balaban J connectivity index is 1.69. The summed E-state index contributed by atoms with van der Waals surface area (Å²) in [5.41, 5.74) is 2.36. The smallest absolute Gasteiger partial charge is 0.278 e. The van der Waals surface area contributed by atoms with Crippen molar-refractivity contribution in [3.05, 3.63) is 64.4 Å². The monoisotopic (exact) mass is 409 g/mol. The zero-order valence-electron chi connectivity index (χ0n) is 15.9. The zero-order chi connectivity index (χ0) is 20.8. The quantitative estimate of drug-likeness (QED) is 0.539. The van der Waals surface area contributed by atoms with Crippen molar-refractivity contribution in [2.24, 2.45) is 0 Å². The summed E-state index contributed by atoms with van der Waals surface area (Å²) < 4.78 is 0. The highest BCUT2D eigenvalue weighted by Crippen LogP contribution is 2.24. The van der Waals surface area contributed by atoms with E-state index in [0.717, 1.165) is 17.3 Å². The topological polar surface area (TPSA) is 117 Å². The lowest BCUT2D eigenvalue weighted by atomic mass is 10.1. The van der Waals surface area contributed by atoms with Crippen LogP contribution in [0.2, 0.25) is 0 Å². The average Bonchev–Trinajstić information content (AvgIpc) is 2.68. The number of H-pyrrole nitrogens is 1. The number of amides is 2. The van der Waals surface area contributed by atoms with Crippen molar-refractivity contribution in [3.8, 4) is 11.3 Å². The van der Waals surface area contributed by atoms with Crippen molar-refractivity contribution in [1.29, 1.82) is 0 Å². The lowest BCUT2D eigenvalue weighted by Crippen LogP contribution is -2.18. The third kappa shape index (κ3) is 5.52. The third-order valence-corrected chi connectivity index (χ3v) is 4.71. The number of nitrogens with one attached hydrogen (secondary N) is 3. The lowest BCUT2D eigenvalue weighted by Gasteiger charge is -2.08. The van der Waals surface area contributed by atoms with Crippen molar-refractivity contribution >= 4 is 35.0 Å². The molecule has 0 saturated carbocycles. The van der Waals surface area contributed by atoms with Crippen molar-refractivity contribution < 1.29 is 9.59 Å². The van der Waals surface area contributed by atoms with Crippen LogP contribution in [-0.2, 0) is 9.59 Å². The van der Waals surface area contributed by atoms with E-state index in [1.54, 1.807) is 24.3 Å². The summed E-state index contributed by atoms with van der Waals surface area (Å²) in [6.45, 7) is 3.35. The molecule has 0 fully saturated rings. The predicted molar refractivity (Wildman–Crippen MR) is 113 cm³/mol. The number of hydrogen-bond donors (Lipinski definition) is 3. The fraction of sp³-hybridized carbons (Fsp3) is 0.150. The summed E-state index contributed by atoms with van der Waals surface area (Å²) in [6.07, 6.45) is 0. The van der Waals surface area contributed by atoms with E-state index in [2.05, 4.69) is 25.8 Å². The predicted octanol–water partition coefficient (Wildman–Crippen LogP) is 2.83. The molecule has 2 amide bonds. The van der Waals surface area contributed by atoms with Gasteiger partial charge in [-0.2, -0.15) is 0 Å². The first-order valence-corrected chi connectivity index (χ1v) is 9.74. The molecule has 1 aromatic heterocycles. The molecule has 3 N–H and O–H groups in total. The second-order valence-electron chi connectivity index (χ2n) is 6.24. The minimum absolute atomic E-state index is 0.0698. The summed E-state index contributed by atoms with van der Waals surface area (Å²) in [5.74, 6) is -0.407. The number of aromatic nitrogens is 3. The van der Waals surface area contributed by atoms with E-state index in [4.69, 9.17) is 0 Å². The van der Waals surface area contributed by atoms with Crippen molar-refractivity contribution in [2.45, 2.75) is 19.0 Å². The van der Waals surface area contributed by atoms with Crippen LogP contribution < -0.4 is 16.2 Å². The largest absolute Gasteiger partial charge is 0.326 e. The first-order valence-electron chi connectivity index (χ1n) is 8.75. The van der Waals surface area contributed by atoms with Crippen LogP contribution in [0.3, 0.4) is 0 Å². The maximum absolute atomic E-state index is 12.5. The van der Waals surface area contributed by atoms with E-state index in [9.17, 15) is 14.4 Å². The fourth-order valence-electron chi connectivity index (χ4n) is 2.52. The summed E-state index contributed by atoms with van der Waals surface area (Å²) in [4.78, 5) is 38.5. The Morgan fingerprint density at radius 1 is 1.03 bits per heavy atom. The SMILES string of the molecule is CC(=O)Nc1ccccc1-c1nnc(SCC(=O)Nc2ccc(C)cc2)[nH]c1=O. The Labute approximate surface area is 171 Å². The molecule has 148 valence electrons. The number of aromatic amines is 1. The van der Waals surface area contributed by atoms with Gasteiger partial charge in [-0.3, -0.25) is 19.4 Å². The Morgan fingerprint density at radius 2 is 1.76 bits per heavy atom. The molecule has 0 aliphatic carbocycles. The molecule has 0 saturated heterocycles. The van der Waals surface area contributed by atoms with Gasteiger partial charge in [-0.1, -0.05) is 47.7 Å². The van der Waals surface area contributed by atoms with Gasteiger partial charge < -0.3 is 10.6 Å². The van der Waals surface area contributed by atoms with Gasteiger partial charge in [0.25, 0.3) is 5.56 Å². The van der Waals surface area contributed by atoms with Crippen LogP contribution in [0.15, 0.2) is 58.5 Å². The van der Waals surface area contributed by atoms with Gasteiger partial charge in [0.15, 0.2) is 10.9 Å². The molecule has 0 aliphatic heterocycles. The molecule has 0 unspecified atom stereocenters. The van der Waals surface area contributed by atoms with Gasteiger partial charge in [0, 0.05) is 18.2 Å². The molecule has 29 heavy (non-hydrogen) atoms. The summed E-state index contributed by atoms with van der Waals surface area (Å²) in [6, 6.07) is 14.3. The van der Waals surface area contributed by atoms with Crippen LogP contribution in [-0.4, -0.2) is 32.7 Å². The standard InChI is InChI=1S/C20H19N5O3S/c1-12-7-9-14(10-8-12)22-17(27)11-29-20-23-19(28)18(24-25-20)15-5-3-4-6-16(15)21-13(2)26/h3-10H,11H2,1-2H3,(H,21,26)(H,22,27)(H,23,25,28). The van der Waals surface area contributed by atoms with Crippen LogP contribution in [0, 0.1) is 6.92 Å². The molecule has 2 aromatic carbocycles. The fourth-order valence-corrected chi connectivity index (χ4v) is 3.12. The van der Waals surface area contributed by atoms with Crippen molar-refractivity contribution in [3.63, 3.8) is 0 Å². The van der Waals surface area contributed by atoms with Gasteiger partial charge in [-0.15, -0.1) is 10.2 Å². The summed E-state index contributed by atoms with van der Waals surface area (Å²) in [5, 5.41) is 13.7. The maximum Gasteiger partial charge on any atom is 0.278 e. The Kier molecular flexibility index (Phi) is 6.40. The highest BCUT2D eigenvalue weighted by Gasteiger charge is 2.13. The van der Waals surface area contributed by atoms with E-state index >= 15 is 0 Å². The molecule has 0 atom stereocenters. The van der Waals surface area contributed by atoms with Gasteiger partial charge in [-0.05, 0) is 25.1 Å². The van der Waals surface area contributed by atoms with Crippen LogP contribution in [0.1, 0.15) is 12.5 Å². The first kappa shape index (κ1) is 20.3. The zero-order valence-corrected chi connectivity index (χ0v) is 16.7. The maximum atomic E-state index is 12.5. The van der Waals surface area contributed by atoms with Gasteiger partial charge in [-0.25, -0.2) is 0 Å². The van der Waals surface area contributed by atoms with Crippen LogP contribution in [0.5, 0.6) is 0 Å². The molecule has 1 heterocycles. The van der Waals surface area contributed by atoms with Crippen LogP contribution in [0.4, 0.5) is 11.4 Å². The number of nitrogens with zero attached hydrogens (tertiary/aromatic N) is 2. The van der Waals surface area contributed by atoms with Gasteiger partial charge >= 0.3 is 0 Å². The number of hydrogen-bond acceptors (Lipinski definition) is 6. The molecular weight excluding hydrogens is 390 g/mol. The number of aryl methyl sites for hydroxylation is 1. The average molecular weight is 409 g/mol. The molecule has 3 rings (SSSR count). The van der Waals surface area contributed by atoms with E-state index in [1.165, 1.54) is 6.92 Å². The van der Waals surface area contributed by atoms with E-state index in [0.29, 0.717) is 16.9 Å². The Morgan fingerprint density at radius 3 is 2.45 bits per heavy atom. The van der Waals surface area contributed by atoms with Crippen molar-refractivity contribution in [2.75, 3.05) is 16.4 Å². The highest BCUT2D eigenvalue weighted by molar-refractivity contribution is 7.99. The summed E-state index contributed by atoms with van der Waals surface area (Å²) >= 11 is 1.07. The molecule has 0 radical (unpaired) electrons. The molecule has 9 heteroatoms. The minimum Gasteiger partial charge on any atom is -0.326 e. The highest BCUT2D eigenvalue weighted by atomic mass is 32.2. The Bertz CT molecular complexity index is 1100. The van der Waals surface area contributed by atoms with Crippen LogP contribution in [0.25, 0.3) is 11.3 Å². The number of benzene rings is 2. The first-order chi connectivity index (χ1) is 13.9. The van der Waals surface area contributed by atoms with Gasteiger partial charge in [0.2, 0.25) is 11.8 Å². The normalized spacial score (nSPS) is 10.4. The van der Waals surface area contributed by atoms with E-state index in [1.807, 2.05) is 31.2 Å². The minimum atomic E-state index is -0.459. The number of carbonyl (C=O) groups is 2. The van der Waals surface area contributed by atoms with Gasteiger partial charge in [0.1, 0.15) is 0 Å². The van der Waals surface area contributed by atoms with Crippen LogP contribution >= 0.6 is 11.8 Å². The molecule has 0 bridgehead atoms. The lowest BCUT2D eigenvalue weighted by molar-refractivity contribution is -0.114. The number of rotatable bonds is 6. The van der Waals surface area contributed by atoms with Gasteiger partial charge in [0.05, 0.1) is 11.4 Å². The number of anilines is 2. The molecule has 0 spiro atoms. The second kappa shape index (κ2) is 9.16. The molecule has 0 aliphatic rings. The van der Waals surface area contributed by atoms with Crippen molar-refractivity contribution in [1.82, 2.24) is 15.2 Å². The molecule has 3 aromatic rings. The second-order valence-corrected chi connectivity index (χ2v) is 7.20. The summed E-state index contributed by atoms with van der Waals surface area (Å²) in [7, 11) is 0. The van der Waals surface area contributed by atoms with E-state index in [-0.39, 0.29) is 28.4 Å². The third-order valence-electron chi connectivity index (χ3n) is 3.84. The Hall–Kier alpha value is -3.46. The molecule has 8 nitrogen and oxygen atoms in total. The molecular formula is C20H19N5O3S. The number of thioether (sulfide) groups is 1. The number of carbonyl (C=O) groups excluding carboxylic acids is 2. The van der Waals surface area contributed by atoms with E-state index < -0.39 is 5.56 Å². The number of para-hydroxylation sites is 1.